The Morgan fingerprint density at radius 1 is 0.917 bits per heavy atom. The van der Waals surface area contributed by atoms with Crippen LogP contribution in [0.2, 0.25) is 0 Å². The van der Waals surface area contributed by atoms with Crippen LogP contribution < -0.4 is 0 Å². The van der Waals surface area contributed by atoms with E-state index in [4.69, 9.17) is 32.7 Å². The summed E-state index contributed by atoms with van der Waals surface area (Å²) in [5.74, 6) is 0.125. The summed E-state index contributed by atoms with van der Waals surface area (Å²) in [7, 11) is 0. The molecule has 0 aromatic carbocycles. The van der Waals surface area contributed by atoms with Gasteiger partial charge in [0.2, 0.25) is 0 Å². The molecule has 4 unspecified atom stereocenters. The molecule has 0 aromatic rings. The van der Waals surface area contributed by atoms with Gasteiger partial charge in [0.1, 0.15) is 12.2 Å². The first-order valence-electron chi connectivity index (χ1n) is 3.48. The quantitative estimate of drug-likeness (QED) is 0.633. The Hall–Kier alpha value is 0.420. The van der Waals surface area contributed by atoms with Gasteiger partial charge in [-0.2, -0.15) is 0 Å². The van der Waals surface area contributed by atoms with E-state index >= 15 is 0 Å². The van der Waals surface area contributed by atoms with Gasteiger partial charge in [0.15, 0.2) is 12.6 Å². The van der Waals surface area contributed by atoms with Crippen molar-refractivity contribution in [2.24, 2.45) is 0 Å². The summed E-state index contributed by atoms with van der Waals surface area (Å²) in [5.41, 5.74) is 0. The number of rotatable bonds is 2. The van der Waals surface area contributed by atoms with Gasteiger partial charge in [0, 0.05) is 0 Å². The average Bonchev–Trinajstić information content (AvgIpc) is 2.08. The molecule has 0 bridgehead atoms. The Bertz CT molecular complexity index is 130. The smallest absolute Gasteiger partial charge is 0.183 e. The first kappa shape index (κ1) is 10.5. The van der Waals surface area contributed by atoms with Crippen LogP contribution in [0.1, 0.15) is 0 Å². The summed E-state index contributed by atoms with van der Waals surface area (Å²) in [5, 5.41) is 18.4. The number of aliphatic hydroxyl groups is 2. The summed E-state index contributed by atoms with van der Waals surface area (Å²) < 4.78 is 9.83. The van der Waals surface area contributed by atoms with Gasteiger partial charge in [-0.1, -0.05) is 0 Å². The molecule has 12 heavy (non-hydrogen) atoms. The van der Waals surface area contributed by atoms with E-state index in [1.165, 1.54) is 0 Å². The molecule has 1 heterocycles. The summed E-state index contributed by atoms with van der Waals surface area (Å²) in [6, 6.07) is 0. The minimum Gasteiger partial charge on any atom is -0.366 e. The number of halogens is 2. The first-order valence-corrected chi connectivity index (χ1v) is 4.55. The third-order valence-corrected chi connectivity index (χ3v) is 2.18. The van der Waals surface area contributed by atoms with Crippen molar-refractivity contribution >= 4 is 23.2 Å². The van der Waals surface area contributed by atoms with E-state index in [1.807, 2.05) is 0 Å². The molecule has 1 aliphatic rings. The lowest BCUT2D eigenvalue weighted by Crippen LogP contribution is -2.50. The molecular formula is C6H10Cl2O4. The summed E-state index contributed by atoms with van der Waals surface area (Å²) in [6.07, 6.45) is -3.62. The second-order valence-corrected chi connectivity index (χ2v) is 3.06. The molecule has 1 fully saturated rings. The zero-order valence-corrected chi connectivity index (χ0v) is 7.70. The molecule has 0 aromatic heterocycles. The molecule has 0 saturated carbocycles. The Morgan fingerprint density at radius 2 is 1.25 bits per heavy atom. The molecule has 1 aliphatic heterocycles. The standard InChI is InChI=1S/C6H10Cl2O4/c7-1-3-5(9)12-4(2-8)6(10)11-3/h3-6,9-10H,1-2H2. The third-order valence-electron chi connectivity index (χ3n) is 1.57. The molecule has 0 aliphatic carbocycles. The molecule has 1 rings (SSSR count). The van der Waals surface area contributed by atoms with Gasteiger partial charge in [0.05, 0.1) is 11.8 Å². The number of hydrogen-bond acceptors (Lipinski definition) is 4. The van der Waals surface area contributed by atoms with Crippen LogP contribution >= 0.6 is 23.2 Å². The fourth-order valence-electron chi connectivity index (χ4n) is 0.893. The monoisotopic (exact) mass is 216 g/mol. The zero-order chi connectivity index (χ0) is 9.14. The first-order chi connectivity index (χ1) is 5.69. The molecule has 1 saturated heterocycles. The Balaban J connectivity index is 2.49. The van der Waals surface area contributed by atoms with E-state index in [9.17, 15) is 10.2 Å². The topological polar surface area (TPSA) is 58.9 Å². The van der Waals surface area contributed by atoms with Crippen molar-refractivity contribution in [2.75, 3.05) is 11.8 Å². The van der Waals surface area contributed by atoms with Gasteiger partial charge in [0.25, 0.3) is 0 Å². The fourth-order valence-corrected chi connectivity index (χ4v) is 1.34. The van der Waals surface area contributed by atoms with Crippen molar-refractivity contribution in [3.05, 3.63) is 0 Å². The predicted molar refractivity (Wildman–Crippen MR) is 43.2 cm³/mol. The minimum absolute atomic E-state index is 0.0627. The van der Waals surface area contributed by atoms with Crippen LogP contribution in [0, 0.1) is 0 Å². The minimum atomic E-state index is -1.12. The zero-order valence-electron chi connectivity index (χ0n) is 6.19. The number of ether oxygens (including phenoxy) is 2. The Labute approximate surface area is 80.0 Å². The van der Waals surface area contributed by atoms with Crippen molar-refractivity contribution in [1.82, 2.24) is 0 Å². The van der Waals surface area contributed by atoms with Crippen molar-refractivity contribution in [2.45, 2.75) is 24.8 Å². The van der Waals surface area contributed by atoms with Crippen molar-refractivity contribution in [1.29, 1.82) is 0 Å². The molecule has 0 radical (unpaired) electrons. The molecule has 2 N–H and O–H groups in total. The highest BCUT2D eigenvalue weighted by Gasteiger charge is 2.35. The van der Waals surface area contributed by atoms with Crippen LogP contribution in [-0.2, 0) is 9.47 Å². The molecular weight excluding hydrogens is 207 g/mol. The third kappa shape index (κ3) is 2.22. The average molecular weight is 217 g/mol. The van der Waals surface area contributed by atoms with Crippen LogP contribution in [-0.4, -0.2) is 46.8 Å². The van der Waals surface area contributed by atoms with E-state index in [-0.39, 0.29) is 11.8 Å². The van der Waals surface area contributed by atoms with Gasteiger partial charge < -0.3 is 19.7 Å². The SMILES string of the molecule is OC1OC(CCl)C(O)OC1CCl. The summed E-state index contributed by atoms with van der Waals surface area (Å²) in [4.78, 5) is 0. The maximum atomic E-state index is 9.19. The maximum Gasteiger partial charge on any atom is 0.183 e. The van der Waals surface area contributed by atoms with E-state index in [0.717, 1.165) is 0 Å². The normalized spacial score (nSPS) is 43.0. The van der Waals surface area contributed by atoms with Crippen LogP contribution in [0.25, 0.3) is 0 Å². The molecule has 0 amide bonds. The second-order valence-electron chi connectivity index (χ2n) is 2.44. The maximum absolute atomic E-state index is 9.19. The molecule has 0 spiro atoms. The highest BCUT2D eigenvalue weighted by atomic mass is 35.5. The highest BCUT2D eigenvalue weighted by molar-refractivity contribution is 6.18. The second kappa shape index (κ2) is 4.60. The number of aliphatic hydroxyl groups excluding tert-OH is 2. The molecule has 4 nitrogen and oxygen atoms in total. The van der Waals surface area contributed by atoms with E-state index in [0.29, 0.717) is 0 Å². The lowest BCUT2D eigenvalue weighted by molar-refractivity contribution is -0.320. The van der Waals surface area contributed by atoms with Crippen LogP contribution in [0.15, 0.2) is 0 Å². The van der Waals surface area contributed by atoms with E-state index in [2.05, 4.69) is 0 Å². The number of hydrogen-bond donors (Lipinski definition) is 2. The van der Waals surface area contributed by atoms with E-state index in [1.54, 1.807) is 0 Å². The number of alkyl halides is 2. The van der Waals surface area contributed by atoms with Gasteiger partial charge in [-0.3, -0.25) is 0 Å². The van der Waals surface area contributed by atoms with Crippen molar-refractivity contribution < 1.29 is 19.7 Å². The van der Waals surface area contributed by atoms with Crippen LogP contribution in [0.3, 0.4) is 0 Å². The van der Waals surface area contributed by atoms with E-state index < -0.39 is 24.8 Å². The highest BCUT2D eigenvalue weighted by Crippen LogP contribution is 2.19. The van der Waals surface area contributed by atoms with Crippen molar-refractivity contribution in [3.63, 3.8) is 0 Å². The van der Waals surface area contributed by atoms with Gasteiger partial charge in [-0.15, -0.1) is 23.2 Å². The fraction of sp³-hybridized carbons (Fsp3) is 1.00. The van der Waals surface area contributed by atoms with Crippen LogP contribution in [0.5, 0.6) is 0 Å². The van der Waals surface area contributed by atoms with Gasteiger partial charge >= 0.3 is 0 Å². The lowest BCUT2D eigenvalue weighted by atomic mass is 10.3. The van der Waals surface area contributed by atoms with Gasteiger partial charge in [-0.05, 0) is 0 Å². The molecule has 6 heteroatoms. The van der Waals surface area contributed by atoms with Crippen LogP contribution in [0.4, 0.5) is 0 Å². The Kier molecular flexibility index (Phi) is 4.02. The molecule has 72 valence electrons. The van der Waals surface area contributed by atoms with Crippen molar-refractivity contribution in [3.8, 4) is 0 Å². The lowest BCUT2D eigenvalue weighted by Gasteiger charge is -2.35. The molecule has 4 atom stereocenters. The Morgan fingerprint density at radius 3 is 1.50 bits per heavy atom. The van der Waals surface area contributed by atoms with Gasteiger partial charge in [-0.25, -0.2) is 0 Å². The summed E-state index contributed by atoms with van der Waals surface area (Å²) >= 11 is 10.8. The largest absolute Gasteiger partial charge is 0.366 e. The predicted octanol–water partition coefficient (Wildman–Crippen LogP) is -0.115. The summed E-state index contributed by atoms with van der Waals surface area (Å²) in [6.45, 7) is 0.